The van der Waals surface area contributed by atoms with Crippen LogP contribution in [-0.2, 0) is 4.79 Å². The van der Waals surface area contributed by atoms with Gasteiger partial charge in [-0.1, -0.05) is 31.4 Å². The Morgan fingerprint density at radius 1 is 1.22 bits per heavy atom. The number of carbonyl (C=O) groups excluding carboxylic acids is 1. The number of nitrogens with one attached hydrogen (secondary N) is 1. The van der Waals surface area contributed by atoms with Gasteiger partial charge < -0.3 is 10.4 Å². The van der Waals surface area contributed by atoms with Gasteiger partial charge in [-0.15, -0.1) is 0 Å². The lowest BCUT2D eigenvalue weighted by atomic mass is 9.81. The number of fused-ring (bicyclic) bond motifs is 2. The second kappa shape index (κ2) is 4.69. The van der Waals surface area contributed by atoms with Crippen molar-refractivity contribution in [2.45, 2.75) is 50.5 Å². The zero-order valence-corrected chi connectivity index (χ0v) is 10.9. The summed E-state index contributed by atoms with van der Waals surface area (Å²) in [6, 6.07) is 0. The van der Waals surface area contributed by atoms with E-state index in [2.05, 4.69) is 17.5 Å². The molecule has 0 saturated heterocycles. The molecule has 0 aliphatic heterocycles. The Bertz CT molecular complexity index is 358. The Morgan fingerprint density at radius 3 is 2.56 bits per heavy atom. The number of amides is 1. The van der Waals surface area contributed by atoms with Crippen LogP contribution >= 0.6 is 0 Å². The Hall–Kier alpha value is -0.830. The van der Waals surface area contributed by atoms with E-state index >= 15 is 0 Å². The summed E-state index contributed by atoms with van der Waals surface area (Å²) in [5.74, 6) is 1.42. The molecule has 3 aliphatic carbocycles. The van der Waals surface area contributed by atoms with Crippen molar-refractivity contribution in [1.82, 2.24) is 5.32 Å². The molecule has 0 heterocycles. The highest BCUT2D eigenvalue weighted by atomic mass is 16.3. The average molecular weight is 249 g/mol. The number of aliphatic hydroxyl groups is 1. The first kappa shape index (κ1) is 12.2. The average Bonchev–Trinajstić information content (AvgIpc) is 3.02. The van der Waals surface area contributed by atoms with E-state index in [9.17, 15) is 9.90 Å². The number of aliphatic hydroxyl groups excluding tert-OH is 1. The number of carbonyl (C=O) groups is 1. The molecule has 3 aliphatic rings. The third kappa shape index (κ3) is 2.09. The maximum atomic E-state index is 12.4. The minimum atomic E-state index is -0.319. The lowest BCUT2D eigenvalue weighted by molar-refractivity contribution is -0.128. The van der Waals surface area contributed by atoms with Gasteiger partial charge in [-0.05, 0) is 37.5 Å². The lowest BCUT2D eigenvalue weighted by Crippen LogP contribution is -2.54. The Labute approximate surface area is 109 Å². The third-order valence-corrected chi connectivity index (χ3v) is 5.12. The van der Waals surface area contributed by atoms with Gasteiger partial charge >= 0.3 is 0 Å². The molecular formula is C15H23NO2. The second-order valence-corrected chi connectivity index (χ2v) is 6.38. The van der Waals surface area contributed by atoms with E-state index in [-0.39, 0.29) is 24.0 Å². The van der Waals surface area contributed by atoms with E-state index in [0.717, 1.165) is 38.5 Å². The molecule has 0 radical (unpaired) electrons. The molecule has 18 heavy (non-hydrogen) atoms. The minimum absolute atomic E-state index is 0.0927. The van der Waals surface area contributed by atoms with Crippen molar-refractivity contribution in [1.29, 1.82) is 0 Å². The zero-order chi connectivity index (χ0) is 12.6. The Balaban J connectivity index is 1.64. The molecule has 0 aromatic carbocycles. The standard InChI is InChI=1S/C15H23NO2/c17-10-15(6-2-1-3-7-15)16-14(18)13-9-11-4-5-12(13)8-11/h4-5,11-13,17H,1-3,6-10H2,(H,16,18). The van der Waals surface area contributed by atoms with E-state index in [4.69, 9.17) is 0 Å². The molecule has 1 amide bonds. The van der Waals surface area contributed by atoms with Gasteiger partial charge in [0.2, 0.25) is 5.91 Å². The maximum absolute atomic E-state index is 12.4. The summed E-state index contributed by atoms with van der Waals surface area (Å²) in [7, 11) is 0. The van der Waals surface area contributed by atoms with E-state index in [1.807, 2.05) is 0 Å². The highest BCUT2D eigenvalue weighted by Crippen LogP contribution is 2.43. The molecule has 0 aromatic rings. The molecule has 2 bridgehead atoms. The van der Waals surface area contributed by atoms with E-state index < -0.39 is 0 Å². The highest BCUT2D eigenvalue weighted by molar-refractivity contribution is 5.80. The molecular weight excluding hydrogens is 226 g/mol. The second-order valence-electron chi connectivity index (χ2n) is 6.38. The van der Waals surface area contributed by atoms with Gasteiger partial charge in [0.05, 0.1) is 12.1 Å². The van der Waals surface area contributed by atoms with Crippen molar-refractivity contribution >= 4 is 5.91 Å². The van der Waals surface area contributed by atoms with Gasteiger partial charge in [0.15, 0.2) is 0 Å². The van der Waals surface area contributed by atoms with E-state index in [0.29, 0.717) is 11.8 Å². The first-order chi connectivity index (χ1) is 8.72. The van der Waals surface area contributed by atoms with E-state index in [1.54, 1.807) is 0 Å². The van der Waals surface area contributed by atoms with Crippen molar-refractivity contribution in [2.24, 2.45) is 17.8 Å². The summed E-state index contributed by atoms with van der Waals surface area (Å²) < 4.78 is 0. The van der Waals surface area contributed by atoms with Crippen molar-refractivity contribution in [3.05, 3.63) is 12.2 Å². The number of hydrogen-bond donors (Lipinski definition) is 2. The Morgan fingerprint density at radius 2 is 2.00 bits per heavy atom. The fourth-order valence-electron chi connectivity index (χ4n) is 3.99. The monoisotopic (exact) mass is 249 g/mol. The Kier molecular flexibility index (Phi) is 3.18. The van der Waals surface area contributed by atoms with Gasteiger partial charge in [-0.3, -0.25) is 4.79 Å². The smallest absolute Gasteiger partial charge is 0.224 e. The quantitative estimate of drug-likeness (QED) is 0.752. The molecule has 3 atom stereocenters. The van der Waals surface area contributed by atoms with Crippen LogP contribution < -0.4 is 5.32 Å². The van der Waals surface area contributed by atoms with Gasteiger partial charge in [0.1, 0.15) is 0 Å². The van der Waals surface area contributed by atoms with Crippen LogP contribution in [-0.4, -0.2) is 23.2 Å². The molecule has 0 aromatic heterocycles. The first-order valence-electron chi connectivity index (χ1n) is 7.34. The predicted molar refractivity (Wildman–Crippen MR) is 69.9 cm³/mol. The van der Waals surface area contributed by atoms with Crippen LogP contribution in [0.15, 0.2) is 12.2 Å². The zero-order valence-electron chi connectivity index (χ0n) is 10.9. The predicted octanol–water partition coefficient (Wildman–Crippen LogP) is 2.01. The highest BCUT2D eigenvalue weighted by Gasteiger charge is 2.42. The van der Waals surface area contributed by atoms with Crippen molar-refractivity contribution < 1.29 is 9.90 Å². The minimum Gasteiger partial charge on any atom is -0.394 e. The summed E-state index contributed by atoms with van der Waals surface area (Å²) >= 11 is 0. The molecule has 2 saturated carbocycles. The van der Waals surface area contributed by atoms with Crippen LogP contribution in [0.5, 0.6) is 0 Å². The van der Waals surface area contributed by atoms with Crippen LogP contribution in [0.3, 0.4) is 0 Å². The number of hydrogen-bond acceptors (Lipinski definition) is 2. The van der Waals surface area contributed by atoms with Gasteiger partial charge in [-0.25, -0.2) is 0 Å². The fraction of sp³-hybridized carbons (Fsp3) is 0.800. The number of allylic oxidation sites excluding steroid dienone is 2. The summed E-state index contributed by atoms with van der Waals surface area (Å²) in [5, 5.41) is 12.8. The van der Waals surface area contributed by atoms with Crippen LogP contribution in [0.1, 0.15) is 44.9 Å². The normalized spacial score (nSPS) is 36.8. The van der Waals surface area contributed by atoms with Gasteiger partial charge in [0.25, 0.3) is 0 Å². The number of rotatable bonds is 3. The van der Waals surface area contributed by atoms with Crippen LogP contribution in [0.2, 0.25) is 0 Å². The van der Waals surface area contributed by atoms with Gasteiger partial charge in [0, 0.05) is 5.92 Å². The fourth-order valence-corrected chi connectivity index (χ4v) is 3.99. The molecule has 3 heteroatoms. The lowest BCUT2D eigenvalue weighted by Gasteiger charge is -2.37. The summed E-state index contributed by atoms with van der Waals surface area (Å²) in [4.78, 5) is 12.4. The molecule has 3 nitrogen and oxygen atoms in total. The topological polar surface area (TPSA) is 49.3 Å². The molecule has 100 valence electrons. The van der Waals surface area contributed by atoms with Crippen molar-refractivity contribution in [2.75, 3.05) is 6.61 Å². The molecule has 3 rings (SSSR count). The summed E-state index contributed by atoms with van der Waals surface area (Å²) in [5.41, 5.74) is -0.319. The van der Waals surface area contributed by atoms with E-state index in [1.165, 1.54) is 6.42 Å². The van der Waals surface area contributed by atoms with Crippen LogP contribution in [0, 0.1) is 17.8 Å². The first-order valence-corrected chi connectivity index (χ1v) is 7.34. The largest absolute Gasteiger partial charge is 0.394 e. The maximum Gasteiger partial charge on any atom is 0.224 e. The van der Waals surface area contributed by atoms with Crippen LogP contribution in [0.25, 0.3) is 0 Å². The molecule has 2 fully saturated rings. The van der Waals surface area contributed by atoms with Crippen molar-refractivity contribution in [3.63, 3.8) is 0 Å². The molecule has 2 N–H and O–H groups in total. The molecule has 3 unspecified atom stereocenters. The SMILES string of the molecule is O=C(NC1(CO)CCCCC1)C1CC2C=CC1C2. The third-order valence-electron chi connectivity index (χ3n) is 5.12. The summed E-state index contributed by atoms with van der Waals surface area (Å²) in [6.07, 6.45) is 12.0. The van der Waals surface area contributed by atoms with Crippen molar-refractivity contribution in [3.8, 4) is 0 Å². The summed E-state index contributed by atoms with van der Waals surface area (Å²) in [6.45, 7) is 0.0927. The van der Waals surface area contributed by atoms with Crippen LogP contribution in [0.4, 0.5) is 0 Å². The van der Waals surface area contributed by atoms with Gasteiger partial charge in [-0.2, -0.15) is 0 Å². The molecule has 0 spiro atoms.